The Labute approximate surface area is 273 Å². The summed E-state index contributed by atoms with van der Waals surface area (Å²) in [4.78, 5) is 41.6. The van der Waals surface area contributed by atoms with Crippen molar-refractivity contribution in [3.63, 3.8) is 0 Å². The highest BCUT2D eigenvalue weighted by atomic mass is 16.3. The first-order valence-electron chi connectivity index (χ1n) is 16.6. The van der Waals surface area contributed by atoms with Crippen molar-refractivity contribution >= 4 is 17.6 Å². The van der Waals surface area contributed by atoms with E-state index in [1.807, 2.05) is 89.2 Å². The number of hydrogen-bond donors (Lipinski definition) is 2. The smallest absolute Gasteiger partial charge is 0.246 e. The van der Waals surface area contributed by atoms with Gasteiger partial charge in [0.15, 0.2) is 5.78 Å². The maximum absolute atomic E-state index is 13.6. The van der Waals surface area contributed by atoms with Crippen molar-refractivity contribution in [3.8, 4) is 11.1 Å². The van der Waals surface area contributed by atoms with E-state index in [9.17, 15) is 14.4 Å². The molecule has 2 rings (SSSR count). The van der Waals surface area contributed by atoms with Gasteiger partial charge in [0.05, 0.1) is 12.1 Å². The number of carbonyl (C=O) groups is 3. The molecule has 2 atom stereocenters. The molecule has 0 radical (unpaired) electrons. The number of amides is 2. The minimum atomic E-state index is -0.751. The summed E-state index contributed by atoms with van der Waals surface area (Å²) in [5.41, 5.74) is 8.70. The molecular weight excluding hydrogens is 562 g/mol. The standard InChI is InChI=1S/C29H39N3O3.C7H16O.C2H6/c1-7-25(21(2)33)32(6)28(35)26(31(5)27(34)14-11-19-29(3,4)30)20-22-15-17-24(18-16-22)23-12-9-8-10-13-23;1-3-5-7(8)6-4-2;1-2/h8-18,25-26H,7,19-20,30H2,1-6H3;7-8H,3-6H2,1-2H3;1-2H3/b14-11+;;/t25?,26-;;/m1../s1. The van der Waals surface area contributed by atoms with Gasteiger partial charge in [-0.15, -0.1) is 0 Å². The molecule has 2 aromatic carbocycles. The number of nitrogens with two attached hydrogens (primary N) is 1. The molecule has 0 heterocycles. The van der Waals surface area contributed by atoms with Crippen LogP contribution in [0.2, 0.25) is 0 Å². The van der Waals surface area contributed by atoms with E-state index in [4.69, 9.17) is 10.8 Å². The lowest BCUT2D eigenvalue weighted by atomic mass is 9.98. The van der Waals surface area contributed by atoms with E-state index in [2.05, 4.69) is 13.8 Å². The highest BCUT2D eigenvalue weighted by Gasteiger charge is 2.32. The number of aliphatic hydroxyl groups is 1. The van der Waals surface area contributed by atoms with Crippen molar-refractivity contribution in [3.05, 3.63) is 72.3 Å². The van der Waals surface area contributed by atoms with Gasteiger partial charge in [-0.2, -0.15) is 0 Å². The Morgan fingerprint density at radius 1 is 0.844 bits per heavy atom. The van der Waals surface area contributed by atoms with E-state index in [1.165, 1.54) is 22.8 Å². The van der Waals surface area contributed by atoms with Crippen LogP contribution < -0.4 is 5.73 Å². The molecule has 2 amide bonds. The molecule has 0 spiro atoms. The molecule has 45 heavy (non-hydrogen) atoms. The fourth-order valence-corrected chi connectivity index (χ4v) is 4.85. The van der Waals surface area contributed by atoms with Crippen molar-refractivity contribution in [2.75, 3.05) is 14.1 Å². The molecule has 0 saturated carbocycles. The number of benzene rings is 2. The Morgan fingerprint density at radius 3 is 1.80 bits per heavy atom. The molecule has 7 heteroatoms. The Kier molecular flexibility index (Phi) is 20.6. The van der Waals surface area contributed by atoms with Crippen LogP contribution in [-0.4, -0.2) is 70.3 Å². The maximum Gasteiger partial charge on any atom is 0.246 e. The lowest BCUT2D eigenvalue weighted by molar-refractivity contribution is -0.145. The molecule has 3 N–H and O–H groups in total. The second kappa shape index (κ2) is 22.3. The van der Waals surface area contributed by atoms with Crippen molar-refractivity contribution in [2.24, 2.45) is 5.73 Å². The molecule has 252 valence electrons. The summed E-state index contributed by atoms with van der Waals surface area (Å²) in [7, 11) is 3.26. The van der Waals surface area contributed by atoms with Crippen molar-refractivity contribution in [1.82, 2.24) is 9.80 Å². The zero-order valence-corrected chi connectivity index (χ0v) is 29.7. The highest BCUT2D eigenvalue weighted by Crippen LogP contribution is 2.21. The van der Waals surface area contributed by atoms with Crippen LogP contribution in [0.25, 0.3) is 11.1 Å². The monoisotopic (exact) mass is 623 g/mol. The summed E-state index contributed by atoms with van der Waals surface area (Å²) < 4.78 is 0. The third-order valence-corrected chi connectivity index (χ3v) is 7.41. The first-order chi connectivity index (χ1) is 21.2. The van der Waals surface area contributed by atoms with Crippen LogP contribution in [-0.2, 0) is 20.8 Å². The summed E-state index contributed by atoms with van der Waals surface area (Å²) in [6.07, 6.45) is 8.69. The number of ketones is 1. The minimum Gasteiger partial charge on any atom is -0.393 e. The summed E-state index contributed by atoms with van der Waals surface area (Å²) >= 11 is 0. The summed E-state index contributed by atoms with van der Waals surface area (Å²) in [6, 6.07) is 16.8. The third kappa shape index (κ3) is 16.0. The second-order valence-electron chi connectivity index (χ2n) is 12.0. The fraction of sp³-hybridized carbons (Fsp3) is 0.553. The van der Waals surface area contributed by atoms with Crippen molar-refractivity contribution in [1.29, 1.82) is 0 Å². The Morgan fingerprint density at radius 2 is 1.36 bits per heavy atom. The molecule has 0 saturated heterocycles. The summed E-state index contributed by atoms with van der Waals surface area (Å²) in [5.74, 6) is -0.617. The largest absolute Gasteiger partial charge is 0.393 e. The number of nitrogens with zero attached hydrogens (tertiary/aromatic N) is 2. The predicted molar refractivity (Wildman–Crippen MR) is 189 cm³/mol. The van der Waals surface area contributed by atoms with Crippen LogP contribution in [0.4, 0.5) is 0 Å². The van der Waals surface area contributed by atoms with E-state index in [0.29, 0.717) is 19.3 Å². The quantitative estimate of drug-likeness (QED) is 0.204. The molecule has 0 aliphatic heterocycles. The topological polar surface area (TPSA) is 104 Å². The number of hydrogen-bond acceptors (Lipinski definition) is 5. The van der Waals surface area contributed by atoms with Gasteiger partial charge in [-0.3, -0.25) is 14.4 Å². The first kappa shape index (κ1) is 41.7. The van der Waals surface area contributed by atoms with Crippen LogP contribution in [0.15, 0.2) is 66.7 Å². The molecule has 0 aliphatic carbocycles. The van der Waals surface area contributed by atoms with E-state index < -0.39 is 17.6 Å². The molecule has 1 unspecified atom stereocenters. The fourth-order valence-electron chi connectivity index (χ4n) is 4.85. The van der Waals surface area contributed by atoms with Gasteiger partial charge in [0, 0.05) is 26.1 Å². The van der Waals surface area contributed by atoms with Gasteiger partial charge in [-0.25, -0.2) is 0 Å². The van der Waals surface area contributed by atoms with Crippen LogP contribution in [0.3, 0.4) is 0 Å². The zero-order valence-electron chi connectivity index (χ0n) is 29.7. The number of aliphatic hydroxyl groups excluding tert-OH is 1. The van der Waals surface area contributed by atoms with Crippen molar-refractivity contribution in [2.45, 2.75) is 124 Å². The minimum absolute atomic E-state index is 0.0370. The van der Waals surface area contributed by atoms with Crippen LogP contribution in [0, 0.1) is 0 Å². The molecule has 0 fully saturated rings. The van der Waals surface area contributed by atoms with Gasteiger partial charge < -0.3 is 20.6 Å². The van der Waals surface area contributed by atoms with Gasteiger partial charge in [0.25, 0.3) is 0 Å². The molecule has 0 aromatic heterocycles. The van der Waals surface area contributed by atoms with Gasteiger partial charge in [0.1, 0.15) is 6.04 Å². The van der Waals surface area contributed by atoms with Gasteiger partial charge in [-0.1, -0.05) is 108 Å². The molecule has 0 aliphatic rings. The zero-order chi connectivity index (χ0) is 34.6. The third-order valence-electron chi connectivity index (χ3n) is 7.41. The number of Topliss-reactive ketones (excluding diaryl/α,β-unsaturated/α-hetero) is 1. The normalized spacial score (nSPS) is 12.4. The molecule has 7 nitrogen and oxygen atoms in total. The van der Waals surface area contributed by atoms with E-state index >= 15 is 0 Å². The van der Waals surface area contributed by atoms with Gasteiger partial charge in [0.2, 0.25) is 11.8 Å². The van der Waals surface area contributed by atoms with Gasteiger partial charge in [-0.05, 0) is 69.2 Å². The summed E-state index contributed by atoms with van der Waals surface area (Å²) in [6.45, 7) is 15.3. The number of likely N-dealkylation sites (N-methyl/N-ethyl adjacent to an activating group) is 2. The van der Waals surface area contributed by atoms with Crippen LogP contribution in [0.5, 0.6) is 0 Å². The Hall–Kier alpha value is -3.29. The lowest BCUT2D eigenvalue weighted by Crippen LogP contribution is -2.53. The second-order valence-corrected chi connectivity index (χ2v) is 12.0. The molecule has 0 bridgehead atoms. The average molecular weight is 624 g/mol. The molecule has 2 aromatic rings. The number of rotatable bonds is 15. The maximum atomic E-state index is 13.6. The van der Waals surface area contributed by atoms with E-state index in [1.54, 1.807) is 20.2 Å². The van der Waals surface area contributed by atoms with Crippen LogP contribution in [0.1, 0.15) is 99.5 Å². The average Bonchev–Trinajstić information content (AvgIpc) is 3.01. The number of carbonyl (C=O) groups excluding carboxylic acids is 3. The Balaban J connectivity index is 0.00000168. The van der Waals surface area contributed by atoms with E-state index in [-0.39, 0.29) is 23.7 Å². The van der Waals surface area contributed by atoms with Gasteiger partial charge >= 0.3 is 0 Å². The first-order valence-corrected chi connectivity index (χ1v) is 16.6. The van der Waals surface area contributed by atoms with E-state index in [0.717, 1.165) is 42.4 Å². The SMILES string of the molecule is CC.CCC(C(C)=O)N(C)C(=O)[C@@H](Cc1ccc(-c2ccccc2)cc1)N(C)C(=O)/C=C/CC(C)(C)N.CCCC(O)CCC. The van der Waals surface area contributed by atoms with Crippen molar-refractivity contribution < 1.29 is 19.5 Å². The predicted octanol–water partition coefficient (Wildman–Crippen LogP) is 7.21. The lowest BCUT2D eigenvalue weighted by Gasteiger charge is -2.33. The highest BCUT2D eigenvalue weighted by molar-refractivity contribution is 5.94. The van der Waals surface area contributed by atoms with Crippen LogP contribution >= 0.6 is 0 Å². The Bertz CT molecular complexity index is 1130. The molecular formula is C38H61N3O4. The summed E-state index contributed by atoms with van der Waals surface area (Å²) in [5, 5.41) is 9.05.